The highest BCUT2D eigenvalue weighted by Gasteiger charge is 2.12. The van der Waals surface area contributed by atoms with Gasteiger partial charge in [0.25, 0.3) is 5.91 Å². The smallest absolute Gasteiger partial charge is 0.269 e. The molecule has 5 N–H and O–H groups in total. The molecular weight excluding hydrogens is 386 g/mol. The molecule has 0 saturated carbocycles. The molecule has 2 aromatic carbocycles. The van der Waals surface area contributed by atoms with Gasteiger partial charge < -0.3 is 11.1 Å². The summed E-state index contributed by atoms with van der Waals surface area (Å²) in [6.07, 6.45) is 1.36. The van der Waals surface area contributed by atoms with Crippen LogP contribution >= 0.6 is 11.3 Å². The van der Waals surface area contributed by atoms with Crippen LogP contribution in [0.15, 0.2) is 48.8 Å². The zero-order valence-electron chi connectivity index (χ0n) is 15.9. The summed E-state index contributed by atoms with van der Waals surface area (Å²) in [4.78, 5) is 25.1. The first-order valence-corrected chi connectivity index (χ1v) is 9.69. The van der Waals surface area contributed by atoms with Gasteiger partial charge in [0.2, 0.25) is 0 Å². The maximum Gasteiger partial charge on any atom is 0.269 e. The Morgan fingerprint density at radius 1 is 1.00 bits per heavy atom. The van der Waals surface area contributed by atoms with E-state index in [4.69, 9.17) is 5.73 Å². The van der Waals surface area contributed by atoms with Gasteiger partial charge in [-0.05, 0) is 43.7 Å². The van der Waals surface area contributed by atoms with Crippen molar-refractivity contribution in [3.63, 3.8) is 0 Å². The molecule has 0 radical (unpaired) electrons. The minimum absolute atomic E-state index is 0.271. The van der Waals surface area contributed by atoms with Crippen LogP contribution in [0.5, 0.6) is 0 Å². The van der Waals surface area contributed by atoms with Crippen molar-refractivity contribution in [3.8, 4) is 0 Å². The van der Waals surface area contributed by atoms with Crippen LogP contribution in [0.1, 0.15) is 21.5 Å². The van der Waals surface area contributed by atoms with Crippen molar-refractivity contribution in [2.45, 2.75) is 13.8 Å². The molecular formula is C20H19N7OS. The number of hydrogen-bond acceptors (Lipinski definition) is 8. The lowest BCUT2D eigenvalue weighted by Crippen LogP contribution is -2.30. The average molecular weight is 405 g/mol. The topological polar surface area (TPSA) is 118 Å². The largest absolute Gasteiger partial charge is 0.393 e. The van der Waals surface area contributed by atoms with E-state index < -0.39 is 0 Å². The zero-order valence-corrected chi connectivity index (χ0v) is 16.7. The van der Waals surface area contributed by atoms with Crippen LogP contribution in [0, 0.1) is 13.8 Å². The molecule has 0 aliphatic carbocycles. The second-order valence-corrected chi connectivity index (χ2v) is 7.58. The number of fused-ring (bicyclic) bond motifs is 1. The van der Waals surface area contributed by atoms with Crippen molar-refractivity contribution in [2.24, 2.45) is 0 Å². The van der Waals surface area contributed by atoms with Gasteiger partial charge in [0, 0.05) is 5.56 Å². The number of hydrogen-bond donors (Lipinski definition) is 4. The molecule has 4 aromatic rings. The number of aryl methyl sites for hydroxylation is 2. The predicted molar refractivity (Wildman–Crippen MR) is 116 cm³/mol. The quantitative estimate of drug-likeness (QED) is 0.373. The summed E-state index contributed by atoms with van der Waals surface area (Å²) >= 11 is 1.51. The van der Waals surface area contributed by atoms with Crippen LogP contribution in [0.3, 0.4) is 0 Å². The van der Waals surface area contributed by atoms with Gasteiger partial charge in [-0.25, -0.2) is 15.0 Å². The molecule has 9 heteroatoms. The fraction of sp³-hybridized carbons (Fsp3) is 0.100. The first-order valence-electron chi connectivity index (χ1n) is 8.87. The monoisotopic (exact) mass is 405 g/mol. The van der Waals surface area contributed by atoms with E-state index in [0.717, 1.165) is 15.8 Å². The van der Waals surface area contributed by atoms with Gasteiger partial charge in [-0.15, -0.1) is 0 Å². The van der Waals surface area contributed by atoms with Crippen molar-refractivity contribution >= 4 is 49.9 Å². The van der Waals surface area contributed by atoms with Crippen LogP contribution < -0.4 is 21.9 Å². The van der Waals surface area contributed by atoms with E-state index >= 15 is 0 Å². The number of carbonyl (C=O) groups excluding carboxylic acids is 1. The molecule has 1 amide bonds. The van der Waals surface area contributed by atoms with Gasteiger partial charge in [-0.2, -0.15) is 0 Å². The van der Waals surface area contributed by atoms with Crippen molar-refractivity contribution < 1.29 is 4.79 Å². The molecule has 2 aromatic heterocycles. The van der Waals surface area contributed by atoms with Crippen LogP contribution in [0.2, 0.25) is 0 Å². The van der Waals surface area contributed by atoms with Gasteiger partial charge in [-0.1, -0.05) is 35.1 Å². The highest BCUT2D eigenvalue weighted by atomic mass is 32.1. The minimum Gasteiger partial charge on any atom is -0.393 e. The highest BCUT2D eigenvalue weighted by molar-refractivity contribution is 7.22. The van der Waals surface area contributed by atoms with Crippen LogP contribution in [0.25, 0.3) is 10.2 Å². The summed E-state index contributed by atoms with van der Waals surface area (Å²) in [6.45, 7) is 4.00. The third-order valence-electron chi connectivity index (χ3n) is 4.26. The Kier molecular flexibility index (Phi) is 4.96. The minimum atomic E-state index is -0.293. The molecule has 0 aliphatic rings. The molecule has 8 nitrogen and oxygen atoms in total. The van der Waals surface area contributed by atoms with Gasteiger partial charge >= 0.3 is 0 Å². The van der Waals surface area contributed by atoms with Crippen molar-refractivity contribution in [2.75, 3.05) is 16.5 Å². The van der Waals surface area contributed by atoms with E-state index in [1.54, 1.807) is 12.1 Å². The first-order chi connectivity index (χ1) is 14.0. The number of amides is 1. The van der Waals surface area contributed by atoms with Gasteiger partial charge in [0.15, 0.2) is 16.8 Å². The fourth-order valence-electron chi connectivity index (χ4n) is 2.67. The lowest BCUT2D eigenvalue weighted by atomic mass is 10.1. The number of thiazole rings is 1. The Balaban J connectivity index is 1.49. The molecule has 0 fully saturated rings. The second-order valence-electron chi connectivity index (χ2n) is 6.54. The van der Waals surface area contributed by atoms with E-state index in [2.05, 4.69) is 37.2 Å². The Morgan fingerprint density at radius 2 is 1.72 bits per heavy atom. The molecule has 146 valence electrons. The Bertz CT molecular complexity index is 1190. The number of anilines is 4. The van der Waals surface area contributed by atoms with E-state index in [1.165, 1.54) is 23.2 Å². The normalized spacial score (nSPS) is 10.7. The van der Waals surface area contributed by atoms with E-state index in [9.17, 15) is 4.79 Å². The summed E-state index contributed by atoms with van der Waals surface area (Å²) in [5, 5.41) is 3.80. The molecule has 4 rings (SSSR count). The number of nitrogens with one attached hydrogen (secondary N) is 3. The maximum absolute atomic E-state index is 12.3. The summed E-state index contributed by atoms with van der Waals surface area (Å²) in [7, 11) is 0. The number of aromatic nitrogens is 3. The van der Waals surface area contributed by atoms with Crippen molar-refractivity contribution in [1.82, 2.24) is 20.4 Å². The summed E-state index contributed by atoms with van der Waals surface area (Å²) < 4.78 is 1.07. The number of hydrazine groups is 1. The van der Waals surface area contributed by atoms with Crippen molar-refractivity contribution in [1.29, 1.82) is 0 Å². The number of nitrogens with two attached hydrogens (primary N) is 1. The predicted octanol–water partition coefficient (Wildman–Crippen LogP) is 3.79. The lowest BCUT2D eigenvalue weighted by Gasteiger charge is -2.12. The molecule has 0 unspecified atom stereocenters. The van der Waals surface area contributed by atoms with Crippen LogP contribution in [-0.4, -0.2) is 20.9 Å². The summed E-state index contributed by atoms with van der Waals surface area (Å²) in [5.74, 6) is 0.404. The molecule has 0 atom stereocenters. The number of carbonyl (C=O) groups is 1. The van der Waals surface area contributed by atoms with E-state index in [-0.39, 0.29) is 11.6 Å². The maximum atomic E-state index is 12.3. The number of benzene rings is 2. The molecule has 0 aliphatic heterocycles. The standard InChI is InChI=1S/C20H19N7OS/c1-11-3-6-13(7-4-11)19(28)27-26-18-16(21)17(22-10-23-18)25-20-24-14-8-5-12(2)9-15(14)29-20/h3-10H,21H2,1-2H3,(H,27,28)(H2,22,23,24,25,26). The van der Waals surface area contributed by atoms with Gasteiger partial charge in [-0.3, -0.25) is 15.6 Å². The van der Waals surface area contributed by atoms with Crippen LogP contribution in [-0.2, 0) is 0 Å². The highest BCUT2D eigenvalue weighted by Crippen LogP contribution is 2.31. The molecule has 0 saturated heterocycles. The SMILES string of the molecule is Cc1ccc(C(=O)NNc2ncnc(Nc3nc4ccc(C)cc4s3)c2N)cc1. The molecule has 0 spiro atoms. The number of nitrogen functional groups attached to an aromatic ring is 1. The van der Waals surface area contributed by atoms with E-state index in [1.807, 2.05) is 38.1 Å². The second kappa shape index (κ2) is 7.72. The van der Waals surface area contributed by atoms with Crippen molar-refractivity contribution in [3.05, 3.63) is 65.5 Å². The van der Waals surface area contributed by atoms with Gasteiger partial charge in [0.05, 0.1) is 10.2 Å². The Hall–Kier alpha value is -3.72. The van der Waals surface area contributed by atoms with Gasteiger partial charge in [0.1, 0.15) is 12.0 Å². The third-order valence-corrected chi connectivity index (χ3v) is 5.19. The summed E-state index contributed by atoms with van der Waals surface area (Å²) in [6, 6.07) is 13.3. The number of rotatable bonds is 5. The summed E-state index contributed by atoms with van der Waals surface area (Å²) in [5.41, 5.74) is 15.5. The fourth-order valence-corrected chi connectivity index (χ4v) is 3.64. The first kappa shape index (κ1) is 18.6. The Labute approximate surface area is 171 Å². The third kappa shape index (κ3) is 4.09. The van der Waals surface area contributed by atoms with Crippen LogP contribution in [0.4, 0.5) is 22.5 Å². The van der Waals surface area contributed by atoms with E-state index in [0.29, 0.717) is 22.3 Å². The average Bonchev–Trinajstić information content (AvgIpc) is 3.10. The molecule has 0 bridgehead atoms. The molecule has 29 heavy (non-hydrogen) atoms. The molecule has 2 heterocycles. The number of nitrogens with zero attached hydrogens (tertiary/aromatic N) is 3. The zero-order chi connectivity index (χ0) is 20.4. The Morgan fingerprint density at radius 3 is 2.52 bits per heavy atom. The lowest BCUT2D eigenvalue weighted by molar-refractivity contribution is 0.0962.